The van der Waals surface area contributed by atoms with Crippen LogP contribution in [-0.2, 0) is 12.7 Å². The van der Waals surface area contributed by atoms with E-state index >= 15 is 0 Å². The van der Waals surface area contributed by atoms with E-state index < -0.39 is 17.8 Å². The Hall–Kier alpha value is -1.53. The minimum Gasteiger partial charge on any atom is -0.386 e. The molecular formula is C12H10ClF3N2O. The Morgan fingerprint density at radius 3 is 2.37 bits per heavy atom. The summed E-state index contributed by atoms with van der Waals surface area (Å²) in [7, 11) is 0. The predicted octanol–water partition coefficient (Wildman–Crippen LogP) is 3.29. The van der Waals surface area contributed by atoms with Crippen LogP contribution in [0.3, 0.4) is 0 Å². The lowest BCUT2D eigenvalue weighted by Gasteiger charge is -2.12. The van der Waals surface area contributed by atoms with Crippen molar-refractivity contribution >= 4 is 11.6 Å². The molecule has 0 aliphatic heterocycles. The van der Waals surface area contributed by atoms with Gasteiger partial charge in [-0.05, 0) is 17.7 Å². The van der Waals surface area contributed by atoms with E-state index in [2.05, 4.69) is 5.10 Å². The quantitative estimate of drug-likeness (QED) is 0.942. The average molecular weight is 291 g/mol. The Balaban J connectivity index is 2.09. The second kappa shape index (κ2) is 5.22. The second-order valence-electron chi connectivity index (χ2n) is 4.02. The van der Waals surface area contributed by atoms with Crippen LogP contribution in [-0.4, -0.2) is 14.9 Å². The highest BCUT2D eigenvalue weighted by Crippen LogP contribution is 2.30. The van der Waals surface area contributed by atoms with Crippen LogP contribution < -0.4 is 0 Å². The van der Waals surface area contributed by atoms with Gasteiger partial charge in [0.05, 0.1) is 29.4 Å². The molecule has 0 aliphatic carbocycles. The average Bonchev–Trinajstić information content (AvgIpc) is 2.74. The first-order valence-corrected chi connectivity index (χ1v) is 5.77. The molecule has 2 rings (SSSR count). The molecule has 0 amide bonds. The zero-order valence-electron chi connectivity index (χ0n) is 9.60. The minimum absolute atomic E-state index is 0.123. The lowest BCUT2D eigenvalue weighted by atomic mass is 10.1. The summed E-state index contributed by atoms with van der Waals surface area (Å²) in [6.45, 7) is 0.123. The first-order valence-electron chi connectivity index (χ1n) is 5.39. The molecule has 19 heavy (non-hydrogen) atoms. The standard InChI is InChI=1S/C12H10ClF3N2O/c13-10-5-17-18(6-10)7-11(19)8-1-3-9(4-2-8)12(14,15)16/h1-6,11,19H,7H2/t11-/m1/s1. The van der Waals surface area contributed by atoms with Crippen LogP contribution in [0.2, 0.25) is 5.02 Å². The number of benzene rings is 1. The molecule has 3 nitrogen and oxygen atoms in total. The molecule has 0 fully saturated rings. The van der Waals surface area contributed by atoms with Crippen LogP contribution in [0.15, 0.2) is 36.7 Å². The van der Waals surface area contributed by atoms with E-state index in [-0.39, 0.29) is 6.54 Å². The van der Waals surface area contributed by atoms with Crippen molar-refractivity contribution in [1.29, 1.82) is 0 Å². The van der Waals surface area contributed by atoms with Crippen LogP contribution in [0.5, 0.6) is 0 Å². The van der Waals surface area contributed by atoms with E-state index in [1.165, 1.54) is 29.2 Å². The highest BCUT2D eigenvalue weighted by atomic mass is 35.5. The van der Waals surface area contributed by atoms with Crippen LogP contribution >= 0.6 is 11.6 Å². The molecule has 2 aromatic rings. The molecular weight excluding hydrogens is 281 g/mol. The van der Waals surface area contributed by atoms with Gasteiger partial charge in [0.15, 0.2) is 0 Å². The van der Waals surface area contributed by atoms with E-state index in [0.29, 0.717) is 10.6 Å². The number of halogens is 4. The van der Waals surface area contributed by atoms with E-state index in [4.69, 9.17) is 11.6 Å². The molecule has 0 unspecified atom stereocenters. The maximum absolute atomic E-state index is 12.4. The first kappa shape index (κ1) is 13.9. The van der Waals surface area contributed by atoms with Crippen molar-refractivity contribution < 1.29 is 18.3 Å². The van der Waals surface area contributed by atoms with Gasteiger partial charge in [-0.15, -0.1) is 0 Å². The van der Waals surface area contributed by atoms with Crippen molar-refractivity contribution in [2.45, 2.75) is 18.8 Å². The lowest BCUT2D eigenvalue weighted by molar-refractivity contribution is -0.137. The highest BCUT2D eigenvalue weighted by molar-refractivity contribution is 6.30. The van der Waals surface area contributed by atoms with E-state index in [9.17, 15) is 18.3 Å². The van der Waals surface area contributed by atoms with Gasteiger partial charge in [-0.3, -0.25) is 4.68 Å². The van der Waals surface area contributed by atoms with Gasteiger partial charge in [0, 0.05) is 6.20 Å². The van der Waals surface area contributed by atoms with Crippen LogP contribution in [0.1, 0.15) is 17.2 Å². The van der Waals surface area contributed by atoms with Crippen LogP contribution in [0, 0.1) is 0 Å². The molecule has 1 atom stereocenters. The van der Waals surface area contributed by atoms with Crippen molar-refractivity contribution in [2.24, 2.45) is 0 Å². The highest BCUT2D eigenvalue weighted by Gasteiger charge is 2.30. The third-order valence-electron chi connectivity index (χ3n) is 2.58. The maximum Gasteiger partial charge on any atom is 0.416 e. The summed E-state index contributed by atoms with van der Waals surface area (Å²) in [5.41, 5.74) is -0.356. The van der Waals surface area contributed by atoms with Gasteiger partial charge in [-0.2, -0.15) is 18.3 Å². The number of aliphatic hydroxyl groups excluding tert-OH is 1. The summed E-state index contributed by atoms with van der Waals surface area (Å²) in [6, 6.07) is 4.38. The van der Waals surface area contributed by atoms with Gasteiger partial charge >= 0.3 is 6.18 Å². The van der Waals surface area contributed by atoms with Crippen molar-refractivity contribution in [2.75, 3.05) is 0 Å². The molecule has 1 aromatic heterocycles. The van der Waals surface area contributed by atoms with Gasteiger partial charge in [0.1, 0.15) is 0 Å². The monoisotopic (exact) mass is 290 g/mol. The molecule has 1 aromatic carbocycles. The van der Waals surface area contributed by atoms with E-state index in [1.54, 1.807) is 0 Å². The van der Waals surface area contributed by atoms with Crippen LogP contribution in [0.4, 0.5) is 13.2 Å². The maximum atomic E-state index is 12.4. The molecule has 102 valence electrons. The molecule has 1 N–H and O–H groups in total. The molecule has 0 saturated heterocycles. The van der Waals surface area contributed by atoms with Gasteiger partial charge in [-0.25, -0.2) is 0 Å². The number of nitrogens with zero attached hydrogens (tertiary/aromatic N) is 2. The molecule has 1 heterocycles. The van der Waals surface area contributed by atoms with Gasteiger partial charge < -0.3 is 5.11 Å². The second-order valence-corrected chi connectivity index (χ2v) is 4.45. The third-order valence-corrected chi connectivity index (χ3v) is 2.78. The Morgan fingerprint density at radius 1 is 1.26 bits per heavy atom. The smallest absolute Gasteiger partial charge is 0.386 e. The zero-order valence-corrected chi connectivity index (χ0v) is 10.4. The first-order chi connectivity index (χ1) is 8.86. The molecule has 0 spiro atoms. The van der Waals surface area contributed by atoms with E-state index in [0.717, 1.165) is 12.1 Å². The Labute approximate surface area is 112 Å². The Kier molecular flexibility index (Phi) is 3.82. The topological polar surface area (TPSA) is 38.0 Å². The number of hydrogen-bond acceptors (Lipinski definition) is 2. The lowest BCUT2D eigenvalue weighted by Crippen LogP contribution is -2.10. The third kappa shape index (κ3) is 3.48. The fourth-order valence-electron chi connectivity index (χ4n) is 1.62. The minimum atomic E-state index is -4.38. The molecule has 7 heteroatoms. The molecule has 0 aliphatic rings. The summed E-state index contributed by atoms with van der Waals surface area (Å²) in [6.07, 6.45) is -2.38. The zero-order chi connectivity index (χ0) is 14.0. The molecule has 0 saturated carbocycles. The molecule has 0 radical (unpaired) electrons. The number of hydrogen-bond donors (Lipinski definition) is 1. The predicted molar refractivity (Wildman–Crippen MR) is 63.6 cm³/mol. The van der Waals surface area contributed by atoms with Crippen molar-refractivity contribution in [3.63, 3.8) is 0 Å². The fourth-order valence-corrected chi connectivity index (χ4v) is 1.77. The summed E-state index contributed by atoms with van der Waals surface area (Å²) in [5.74, 6) is 0. The summed E-state index contributed by atoms with van der Waals surface area (Å²) >= 11 is 5.67. The van der Waals surface area contributed by atoms with E-state index in [1.807, 2.05) is 0 Å². The normalized spacial score (nSPS) is 13.5. The Morgan fingerprint density at radius 2 is 1.89 bits per heavy atom. The number of aliphatic hydroxyl groups is 1. The SMILES string of the molecule is O[C@H](Cn1cc(Cl)cn1)c1ccc(C(F)(F)F)cc1. The largest absolute Gasteiger partial charge is 0.416 e. The number of alkyl halides is 3. The Bertz CT molecular complexity index is 551. The van der Waals surface area contributed by atoms with Crippen molar-refractivity contribution in [3.8, 4) is 0 Å². The summed E-state index contributed by atoms with van der Waals surface area (Å²) in [4.78, 5) is 0. The van der Waals surface area contributed by atoms with Crippen LogP contribution in [0.25, 0.3) is 0 Å². The van der Waals surface area contributed by atoms with Crippen molar-refractivity contribution in [3.05, 3.63) is 52.8 Å². The summed E-state index contributed by atoms with van der Waals surface area (Å²) < 4.78 is 38.6. The number of aromatic nitrogens is 2. The van der Waals surface area contributed by atoms with Crippen molar-refractivity contribution in [1.82, 2.24) is 9.78 Å². The molecule has 0 bridgehead atoms. The van der Waals surface area contributed by atoms with Gasteiger partial charge in [0.2, 0.25) is 0 Å². The fraction of sp³-hybridized carbons (Fsp3) is 0.250. The number of rotatable bonds is 3. The van der Waals surface area contributed by atoms with Gasteiger partial charge in [-0.1, -0.05) is 23.7 Å². The summed E-state index contributed by atoms with van der Waals surface area (Å²) in [5, 5.41) is 14.2. The van der Waals surface area contributed by atoms with Gasteiger partial charge in [0.25, 0.3) is 0 Å².